The van der Waals surface area contributed by atoms with Gasteiger partial charge in [-0.15, -0.1) is 11.3 Å². The standard InChI is InChI=1S/C46H40N4O3S/c1-2-3-4-5-6-9-14-35-30-42(41-28-27-40(43-44(41)49-53-48-43)33-21-19-32(20-22-33)29-36(31-47)46(51)52)54-45(35)34-23-25-39(26-24-34)50(37-15-10-7-11-16-37)38-17-12-8-13-18-38/h7-8,10-13,15-30H,2-6,9,14H2,1H3,(H,51,52). The van der Waals surface area contributed by atoms with E-state index in [0.29, 0.717) is 16.6 Å². The molecule has 2 heterocycles. The third-order valence-corrected chi connectivity index (χ3v) is 10.8. The maximum Gasteiger partial charge on any atom is 0.346 e. The zero-order valence-corrected chi connectivity index (χ0v) is 30.9. The summed E-state index contributed by atoms with van der Waals surface area (Å²) >= 11 is 1.77. The molecule has 0 aliphatic carbocycles. The first-order valence-corrected chi connectivity index (χ1v) is 19.2. The second-order valence-electron chi connectivity index (χ2n) is 13.3. The Bertz CT molecular complexity index is 2370. The number of unbranched alkanes of at least 4 members (excludes halogenated alkanes) is 5. The lowest BCUT2D eigenvalue weighted by Gasteiger charge is -2.25. The lowest BCUT2D eigenvalue weighted by Crippen LogP contribution is -2.09. The fourth-order valence-electron chi connectivity index (χ4n) is 6.82. The quantitative estimate of drug-likeness (QED) is 0.0636. The zero-order valence-electron chi connectivity index (χ0n) is 30.1. The van der Waals surface area contributed by atoms with Gasteiger partial charge in [0.05, 0.1) is 0 Å². The first kappa shape index (κ1) is 36.1. The summed E-state index contributed by atoms with van der Waals surface area (Å²) in [5, 5.41) is 27.1. The number of fused-ring (bicyclic) bond motifs is 1. The van der Waals surface area contributed by atoms with E-state index in [0.717, 1.165) is 51.5 Å². The summed E-state index contributed by atoms with van der Waals surface area (Å²) in [6.45, 7) is 2.25. The fourth-order valence-corrected chi connectivity index (χ4v) is 8.06. The van der Waals surface area contributed by atoms with E-state index in [1.807, 2.05) is 30.3 Å². The molecule has 8 heteroatoms. The molecule has 54 heavy (non-hydrogen) atoms. The molecule has 0 spiro atoms. The van der Waals surface area contributed by atoms with Crippen molar-refractivity contribution in [1.82, 2.24) is 10.3 Å². The van der Waals surface area contributed by atoms with E-state index in [9.17, 15) is 9.90 Å². The Hall–Kier alpha value is -6.30. The van der Waals surface area contributed by atoms with E-state index < -0.39 is 5.97 Å². The largest absolute Gasteiger partial charge is 0.477 e. The predicted octanol–water partition coefficient (Wildman–Crippen LogP) is 12.6. The molecule has 1 N–H and O–H groups in total. The van der Waals surface area contributed by atoms with Crippen molar-refractivity contribution >= 4 is 51.5 Å². The number of benzene rings is 5. The van der Waals surface area contributed by atoms with Crippen LogP contribution in [0.15, 0.2) is 138 Å². The smallest absolute Gasteiger partial charge is 0.346 e. The Morgan fingerprint density at radius 1 is 0.741 bits per heavy atom. The summed E-state index contributed by atoms with van der Waals surface area (Å²) in [7, 11) is 0. The van der Waals surface area contributed by atoms with Crippen molar-refractivity contribution in [3.8, 4) is 38.1 Å². The van der Waals surface area contributed by atoms with Crippen molar-refractivity contribution in [3.63, 3.8) is 0 Å². The molecule has 268 valence electrons. The van der Waals surface area contributed by atoms with Crippen molar-refractivity contribution in [2.75, 3.05) is 4.90 Å². The highest BCUT2D eigenvalue weighted by molar-refractivity contribution is 7.19. The second kappa shape index (κ2) is 17.0. The molecular weight excluding hydrogens is 689 g/mol. The Morgan fingerprint density at radius 2 is 1.31 bits per heavy atom. The molecule has 7 rings (SSSR count). The molecule has 2 aromatic heterocycles. The Balaban J connectivity index is 1.22. The Morgan fingerprint density at radius 3 is 1.94 bits per heavy atom. The van der Waals surface area contributed by atoms with Gasteiger partial charge in [0.15, 0.2) is 0 Å². The van der Waals surface area contributed by atoms with Gasteiger partial charge in [0.25, 0.3) is 0 Å². The second-order valence-corrected chi connectivity index (χ2v) is 14.3. The van der Waals surface area contributed by atoms with Gasteiger partial charge in [-0.25, -0.2) is 9.42 Å². The van der Waals surface area contributed by atoms with Crippen molar-refractivity contribution < 1.29 is 14.5 Å². The van der Waals surface area contributed by atoms with Crippen LogP contribution in [0.1, 0.15) is 56.6 Å². The van der Waals surface area contributed by atoms with Crippen molar-refractivity contribution in [2.45, 2.75) is 51.9 Å². The highest BCUT2D eigenvalue weighted by Gasteiger charge is 2.20. The summed E-state index contributed by atoms with van der Waals surface area (Å²) in [4.78, 5) is 16.0. The molecule has 7 aromatic rings. The predicted molar refractivity (Wildman–Crippen MR) is 219 cm³/mol. The fraction of sp³-hybridized carbons (Fsp3) is 0.174. The van der Waals surface area contributed by atoms with Gasteiger partial charge in [0.2, 0.25) is 0 Å². The first-order chi connectivity index (χ1) is 26.5. The van der Waals surface area contributed by atoms with Crippen molar-refractivity contribution in [1.29, 1.82) is 5.26 Å². The molecule has 0 aliphatic heterocycles. The molecule has 0 saturated carbocycles. The number of aromatic nitrogens is 2. The number of aryl methyl sites for hydroxylation is 1. The summed E-state index contributed by atoms with van der Waals surface area (Å²) in [5.74, 6) is -1.26. The highest BCUT2D eigenvalue weighted by Crippen LogP contribution is 2.43. The summed E-state index contributed by atoms with van der Waals surface area (Å²) in [5.41, 5.74) is 10.1. The van der Waals surface area contributed by atoms with Crippen LogP contribution in [0.3, 0.4) is 0 Å². The van der Waals surface area contributed by atoms with Gasteiger partial charge < -0.3 is 10.0 Å². The van der Waals surface area contributed by atoms with Crippen LogP contribution in [0.25, 0.3) is 49.1 Å². The molecular formula is C46H40N4O3S. The van der Waals surface area contributed by atoms with Gasteiger partial charge >= 0.3 is 5.97 Å². The van der Waals surface area contributed by atoms with E-state index >= 15 is 0 Å². The minimum atomic E-state index is -1.26. The number of carboxylic acids is 1. The van der Waals surface area contributed by atoms with Crippen LogP contribution >= 0.6 is 11.3 Å². The number of thiophene rings is 1. The van der Waals surface area contributed by atoms with Crippen molar-refractivity contribution in [2.24, 2.45) is 0 Å². The molecule has 0 aliphatic rings. The summed E-state index contributed by atoms with van der Waals surface area (Å²) in [6, 6.07) is 45.3. The molecule has 0 atom stereocenters. The summed E-state index contributed by atoms with van der Waals surface area (Å²) in [6.07, 6.45) is 9.76. The highest BCUT2D eigenvalue weighted by atomic mass is 32.1. The minimum absolute atomic E-state index is 0.321. The number of anilines is 3. The maximum atomic E-state index is 11.3. The number of carboxylic acid groups (broad SMARTS) is 1. The molecule has 0 unspecified atom stereocenters. The van der Waals surface area contributed by atoms with E-state index in [4.69, 9.17) is 9.89 Å². The molecule has 0 bridgehead atoms. The number of para-hydroxylation sites is 2. The van der Waals surface area contributed by atoms with Crippen LogP contribution in [0.4, 0.5) is 17.1 Å². The third kappa shape index (κ3) is 8.02. The molecule has 0 amide bonds. The number of aliphatic carboxylic acids is 1. The topological polar surface area (TPSA) is 103 Å². The van der Waals surface area contributed by atoms with Crippen LogP contribution in [0.5, 0.6) is 0 Å². The maximum absolute atomic E-state index is 11.3. The average molecular weight is 729 g/mol. The van der Waals surface area contributed by atoms with Gasteiger partial charge in [0, 0.05) is 37.9 Å². The number of nitrogens with zero attached hydrogens (tertiary/aromatic N) is 4. The van der Waals surface area contributed by atoms with E-state index in [2.05, 4.69) is 107 Å². The summed E-state index contributed by atoms with van der Waals surface area (Å²) < 4.78 is 5.34. The van der Waals surface area contributed by atoms with Crippen molar-refractivity contribution in [3.05, 3.63) is 144 Å². The Labute approximate surface area is 319 Å². The minimum Gasteiger partial charge on any atom is -0.477 e. The normalized spacial score (nSPS) is 11.4. The number of hydrogen-bond acceptors (Lipinski definition) is 7. The average Bonchev–Trinajstić information content (AvgIpc) is 3.88. The van der Waals surface area contributed by atoms with Gasteiger partial charge in [-0.1, -0.05) is 124 Å². The van der Waals surface area contributed by atoms with Crippen LogP contribution in [0.2, 0.25) is 0 Å². The monoisotopic (exact) mass is 728 g/mol. The van der Waals surface area contributed by atoms with Crippen LogP contribution in [-0.2, 0) is 11.2 Å². The molecule has 5 aromatic carbocycles. The van der Waals surface area contributed by atoms with Crippen LogP contribution in [-0.4, -0.2) is 21.4 Å². The number of carbonyl (C=O) groups is 1. The number of rotatable bonds is 15. The lowest BCUT2D eigenvalue weighted by atomic mass is 9.98. The molecule has 7 nitrogen and oxygen atoms in total. The van der Waals surface area contributed by atoms with E-state index in [1.54, 1.807) is 29.5 Å². The van der Waals surface area contributed by atoms with Gasteiger partial charge in [-0.3, -0.25) is 0 Å². The van der Waals surface area contributed by atoms with E-state index in [-0.39, 0.29) is 5.57 Å². The Kier molecular flexibility index (Phi) is 11.4. The van der Waals surface area contributed by atoms with Gasteiger partial charge in [-0.2, -0.15) is 5.26 Å². The SMILES string of the molecule is CCCCCCCCc1cc(-c2ccc(-c3ccc(C=C(C#N)C(=O)O)cc3)c3nonc23)sc1-c1ccc(N(c2ccccc2)c2ccccc2)cc1. The molecule has 0 radical (unpaired) electrons. The van der Waals surface area contributed by atoms with Gasteiger partial charge in [0.1, 0.15) is 22.7 Å². The van der Waals surface area contributed by atoms with Crippen LogP contribution in [0, 0.1) is 11.3 Å². The number of hydrogen-bond donors (Lipinski definition) is 1. The van der Waals surface area contributed by atoms with Gasteiger partial charge in [-0.05, 0) is 93.9 Å². The molecule has 0 fully saturated rings. The lowest BCUT2D eigenvalue weighted by molar-refractivity contribution is -0.132. The molecule has 0 saturated heterocycles. The zero-order chi connectivity index (χ0) is 37.3. The van der Waals surface area contributed by atoms with Crippen LogP contribution < -0.4 is 4.90 Å². The third-order valence-electron chi connectivity index (χ3n) is 9.59. The van der Waals surface area contributed by atoms with E-state index in [1.165, 1.54) is 54.2 Å². The first-order valence-electron chi connectivity index (χ1n) is 18.4. The number of nitriles is 1.